The molecule has 5 rings (SSSR count). The zero-order chi connectivity index (χ0) is 25.6. The lowest BCUT2D eigenvalue weighted by molar-refractivity contribution is -0.132. The number of aliphatic hydroxyl groups is 1. The van der Waals surface area contributed by atoms with Gasteiger partial charge >= 0.3 is 5.91 Å². The van der Waals surface area contributed by atoms with Crippen molar-refractivity contribution in [1.29, 1.82) is 0 Å². The largest absolute Gasteiger partial charge is 0.507 e. The molecule has 36 heavy (non-hydrogen) atoms. The third-order valence-corrected chi connectivity index (χ3v) is 7.03. The quantitative estimate of drug-likeness (QED) is 0.223. The van der Waals surface area contributed by atoms with Crippen molar-refractivity contribution in [2.24, 2.45) is 0 Å². The second-order valence-electron chi connectivity index (χ2n) is 8.26. The molecule has 1 atom stereocenters. The number of aliphatic hydroxyl groups excluding tert-OH is 1. The van der Waals surface area contributed by atoms with Gasteiger partial charge in [0.15, 0.2) is 5.13 Å². The highest BCUT2D eigenvalue weighted by atomic mass is 32.1. The fourth-order valence-electron chi connectivity index (χ4n) is 4.32. The van der Waals surface area contributed by atoms with Gasteiger partial charge in [-0.15, -0.1) is 0 Å². The Hall–Kier alpha value is -4.24. The van der Waals surface area contributed by atoms with Crippen LogP contribution < -0.4 is 14.4 Å². The third-order valence-electron chi connectivity index (χ3n) is 6.01. The number of hydrogen-bond acceptors (Lipinski definition) is 7. The van der Waals surface area contributed by atoms with Crippen LogP contribution in [0.5, 0.6) is 11.5 Å². The van der Waals surface area contributed by atoms with Crippen LogP contribution in [0.4, 0.5) is 9.52 Å². The Bertz CT molecular complexity index is 1560. The van der Waals surface area contributed by atoms with Crippen molar-refractivity contribution >= 4 is 44.1 Å². The molecule has 1 saturated heterocycles. The number of amides is 1. The number of ether oxygens (including phenoxy) is 2. The number of aromatic nitrogens is 1. The number of rotatable bonds is 5. The van der Waals surface area contributed by atoms with Gasteiger partial charge in [0, 0.05) is 0 Å². The van der Waals surface area contributed by atoms with Crippen LogP contribution in [-0.4, -0.2) is 36.0 Å². The van der Waals surface area contributed by atoms with Gasteiger partial charge in [0.2, 0.25) is 0 Å². The van der Waals surface area contributed by atoms with Gasteiger partial charge in [0.25, 0.3) is 5.78 Å². The fourth-order valence-corrected chi connectivity index (χ4v) is 5.34. The molecule has 0 bridgehead atoms. The van der Waals surface area contributed by atoms with E-state index in [9.17, 15) is 19.1 Å². The van der Waals surface area contributed by atoms with Crippen LogP contribution in [0, 0.1) is 12.7 Å². The van der Waals surface area contributed by atoms with Gasteiger partial charge in [0.1, 0.15) is 23.1 Å². The first-order valence-corrected chi connectivity index (χ1v) is 11.8. The monoisotopic (exact) mass is 504 g/mol. The first-order valence-electron chi connectivity index (χ1n) is 11.0. The van der Waals surface area contributed by atoms with Crippen molar-refractivity contribution in [2.75, 3.05) is 19.1 Å². The summed E-state index contributed by atoms with van der Waals surface area (Å²) < 4.78 is 25.5. The molecular weight excluding hydrogens is 483 g/mol. The minimum atomic E-state index is -0.986. The van der Waals surface area contributed by atoms with E-state index in [4.69, 9.17) is 9.47 Å². The molecule has 1 fully saturated rings. The molecule has 1 unspecified atom stereocenters. The smallest absolute Gasteiger partial charge is 0.301 e. The predicted octanol–water partition coefficient (Wildman–Crippen LogP) is 5.39. The topological polar surface area (TPSA) is 89.0 Å². The van der Waals surface area contributed by atoms with E-state index >= 15 is 0 Å². The summed E-state index contributed by atoms with van der Waals surface area (Å²) in [5.41, 5.74) is 1.93. The molecule has 7 nitrogen and oxygen atoms in total. The number of ketones is 1. The number of aryl methyl sites for hydroxylation is 1. The normalized spacial score (nSPS) is 17.1. The summed E-state index contributed by atoms with van der Waals surface area (Å²) in [6, 6.07) is 15.2. The number of fused-ring (bicyclic) bond motifs is 1. The molecule has 182 valence electrons. The van der Waals surface area contributed by atoms with E-state index in [-0.39, 0.29) is 22.0 Å². The van der Waals surface area contributed by atoms with Gasteiger partial charge in [-0.25, -0.2) is 9.37 Å². The maximum Gasteiger partial charge on any atom is 0.301 e. The van der Waals surface area contributed by atoms with Crippen molar-refractivity contribution in [3.8, 4) is 11.5 Å². The van der Waals surface area contributed by atoms with E-state index in [1.165, 1.54) is 35.5 Å². The Balaban J connectivity index is 1.75. The summed E-state index contributed by atoms with van der Waals surface area (Å²) in [4.78, 5) is 32.7. The van der Waals surface area contributed by atoms with E-state index in [0.29, 0.717) is 16.8 Å². The Morgan fingerprint density at radius 2 is 1.86 bits per heavy atom. The zero-order valence-electron chi connectivity index (χ0n) is 19.6. The Kier molecular flexibility index (Phi) is 5.93. The minimum absolute atomic E-state index is 0.0258. The number of carbonyl (C=O) groups excluding carboxylic acids is 2. The van der Waals surface area contributed by atoms with Crippen LogP contribution >= 0.6 is 11.3 Å². The van der Waals surface area contributed by atoms with Crippen molar-refractivity contribution in [1.82, 2.24) is 4.98 Å². The number of halogens is 1. The Labute approximate surface area is 210 Å². The standard InChI is InChI=1S/C27H21FN2O5S/c1-14-5-4-6-15(11-14)23-22(24(31)18-12-16(28)7-10-20(18)35-3)25(32)26(33)30(23)27-29-19-9-8-17(34-2)13-21(19)36-27/h4-13,23,31H,1-3H3/b24-22+. The van der Waals surface area contributed by atoms with Crippen molar-refractivity contribution in [3.05, 3.63) is 88.7 Å². The second-order valence-corrected chi connectivity index (χ2v) is 9.27. The van der Waals surface area contributed by atoms with Gasteiger partial charge in [0.05, 0.1) is 41.6 Å². The Morgan fingerprint density at radius 3 is 2.58 bits per heavy atom. The van der Waals surface area contributed by atoms with Crippen LogP contribution in [0.15, 0.2) is 66.2 Å². The molecule has 0 saturated carbocycles. The average Bonchev–Trinajstić information content (AvgIpc) is 3.41. The number of anilines is 1. The summed E-state index contributed by atoms with van der Waals surface area (Å²) in [5.74, 6) is -2.10. The van der Waals surface area contributed by atoms with Gasteiger partial charge in [-0.2, -0.15) is 0 Å². The number of hydrogen-bond donors (Lipinski definition) is 1. The molecule has 1 aliphatic heterocycles. The SMILES string of the molecule is COc1ccc2nc(N3C(=O)C(=O)/C(=C(/O)c4cc(F)ccc4OC)C3c3cccc(C)c3)sc2c1. The lowest BCUT2D eigenvalue weighted by atomic mass is 9.94. The third kappa shape index (κ3) is 3.87. The number of nitrogens with zero attached hydrogens (tertiary/aromatic N) is 2. The molecule has 1 aromatic heterocycles. The molecule has 0 radical (unpaired) electrons. The summed E-state index contributed by atoms with van der Waals surface area (Å²) in [6.45, 7) is 1.88. The van der Waals surface area contributed by atoms with Gasteiger partial charge in [-0.3, -0.25) is 14.5 Å². The van der Waals surface area contributed by atoms with Crippen LogP contribution in [-0.2, 0) is 9.59 Å². The van der Waals surface area contributed by atoms with Crippen LogP contribution in [0.1, 0.15) is 22.7 Å². The number of carbonyl (C=O) groups is 2. The zero-order valence-corrected chi connectivity index (χ0v) is 20.4. The van der Waals surface area contributed by atoms with Gasteiger partial charge < -0.3 is 14.6 Å². The van der Waals surface area contributed by atoms with E-state index in [0.717, 1.165) is 16.3 Å². The number of methoxy groups -OCH3 is 2. The highest BCUT2D eigenvalue weighted by Gasteiger charge is 2.48. The molecule has 1 amide bonds. The van der Waals surface area contributed by atoms with E-state index in [2.05, 4.69) is 4.98 Å². The number of Topliss-reactive ketones (excluding diaryl/α,β-unsaturated/α-hetero) is 1. The number of thiazole rings is 1. The van der Waals surface area contributed by atoms with Crippen molar-refractivity contribution < 1.29 is 28.6 Å². The lowest BCUT2D eigenvalue weighted by Gasteiger charge is -2.23. The second kappa shape index (κ2) is 9.09. The first-order chi connectivity index (χ1) is 17.3. The highest BCUT2D eigenvalue weighted by molar-refractivity contribution is 7.22. The first kappa shape index (κ1) is 23.5. The van der Waals surface area contributed by atoms with Crippen LogP contribution in [0.3, 0.4) is 0 Å². The van der Waals surface area contributed by atoms with Gasteiger partial charge in [-0.1, -0.05) is 41.2 Å². The molecule has 4 aromatic rings. The fraction of sp³-hybridized carbons (Fsp3) is 0.148. The number of benzene rings is 3. The molecular formula is C27H21FN2O5S. The average molecular weight is 505 g/mol. The predicted molar refractivity (Wildman–Crippen MR) is 135 cm³/mol. The van der Waals surface area contributed by atoms with E-state index in [1.807, 2.05) is 19.1 Å². The van der Waals surface area contributed by atoms with E-state index < -0.39 is 29.3 Å². The summed E-state index contributed by atoms with van der Waals surface area (Å²) in [7, 11) is 2.93. The lowest BCUT2D eigenvalue weighted by Crippen LogP contribution is -2.29. The van der Waals surface area contributed by atoms with E-state index in [1.54, 1.807) is 37.4 Å². The van der Waals surface area contributed by atoms with Crippen molar-refractivity contribution in [3.63, 3.8) is 0 Å². The molecule has 0 spiro atoms. The molecule has 1 N–H and O–H groups in total. The summed E-state index contributed by atoms with van der Waals surface area (Å²) in [6.07, 6.45) is 0. The Morgan fingerprint density at radius 1 is 1.06 bits per heavy atom. The van der Waals surface area contributed by atoms with Crippen LogP contribution in [0.2, 0.25) is 0 Å². The van der Waals surface area contributed by atoms with Crippen molar-refractivity contribution in [2.45, 2.75) is 13.0 Å². The molecule has 3 aromatic carbocycles. The molecule has 1 aliphatic rings. The summed E-state index contributed by atoms with van der Waals surface area (Å²) in [5, 5.41) is 11.6. The molecule has 2 heterocycles. The molecule has 9 heteroatoms. The molecule has 0 aliphatic carbocycles. The van der Waals surface area contributed by atoms with Gasteiger partial charge in [-0.05, 0) is 48.9 Å². The maximum atomic E-state index is 14.1. The maximum absolute atomic E-state index is 14.1. The minimum Gasteiger partial charge on any atom is -0.507 e. The highest BCUT2D eigenvalue weighted by Crippen LogP contribution is 2.45. The summed E-state index contributed by atoms with van der Waals surface area (Å²) >= 11 is 1.22. The van der Waals surface area contributed by atoms with Crippen LogP contribution in [0.25, 0.3) is 16.0 Å².